The standard InChI is InChI=1S/C28H27N3O/c29-21-23(22-30)27(32)19-11-4-12-20-31-28(24-13-5-1-6-14-24,25-15-7-2-8-16-25)26-17-9-3-10-18-26/h1-3,5-10,13-18,23,31H,4,11-12,19-20H2. The number of carbonyl (C=O) groups excluding carboxylic acids is 1. The average Bonchev–Trinajstić information content (AvgIpc) is 2.86. The molecule has 3 aromatic rings. The van der Waals surface area contributed by atoms with Gasteiger partial charge in [-0.2, -0.15) is 10.5 Å². The van der Waals surface area contributed by atoms with Crippen LogP contribution in [0.5, 0.6) is 0 Å². The fraction of sp³-hybridized carbons (Fsp3) is 0.250. The largest absolute Gasteiger partial charge is 0.300 e. The van der Waals surface area contributed by atoms with E-state index >= 15 is 0 Å². The number of nitrogens with one attached hydrogen (secondary N) is 1. The van der Waals surface area contributed by atoms with E-state index < -0.39 is 11.5 Å². The van der Waals surface area contributed by atoms with E-state index in [1.165, 1.54) is 16.7 Å². The molecule has 1 N–H and O–H groups in total. The highest BCUT2D eigenvalue weighted by molar-refractivity contribution is 5.85. The number of nitriles is 2. The van der Waals surface area contributed by atoms with Crippen molar-refractivity contribution < 1.29 is 4.79 Å². The van der Waals surface area contributed by atoms with E-state index in [9.17, 15) is 4.79 Å². The molecule has 0 heterocycles. The quantitative estimate of drug-likeness (QED) is 0.334. The Balaban J connectivity index is 1.78. The summed E-state index contributed by atoms with van der Waals surface area (Å²) in [5.41, 5.74) is 3.00. The fourth-order valence-electron chi connectivity index (χ4n) is 4.06. The van der Waals surface area contributed by atoms with Crippen molar-refractivity contribution in [1.82, 2.24) is 5.32 Å². The van der Waals surface area contributed by atoms with Gasteiger partial charge in [-0.1, -0.05) is 97.4 Å². The second-order valence-electron chi connectivity index (χ2n) is 7.74. The summed E-state index contributed by atoms with van der Waals surface area (Å²) in [5.74, 6) is -1.43. The van der Waals surface area contributed by atoms with Gasteiger partial charge in [0.1, 0.15) is 0 Å². The van der Waals surface area contributed by atoms with E-state index in [2.05, 4.69) is 78.1 Å². The molecule has 4 nitrogen and oxygen atoms in total. The molecule has 3 rings (SSSR count). The summed E-state index contributed by atoms with van der Waals surface area (Å²) in [5, 5.41) is 21.5. The minimum absolute atomic E-state index is 0.271. The maximum atomic E-state index is 11.9. The van der Waals surface area contributed by atoms with Crippen LogP contribution in [0.4, 0.5) is 0 Å². The fourth-order valence-corrected chi connectivity index (χ4v) is 4.06. The van der Waals surface area contributed by atoms with Crippen molar-refractivity contribution in [3.63, 3.8) is 0 Å². The predicted molar refractivity (Wildman–Crippen MR) is 125 cm³/mol. The molecule has 0 fully saturated rings. The van der Waals surface area contributed by atoms with Gasteiger partial charge in [0.2, 0.25) is 0 Å². The normalized spacial score (nSPS) is 11.0. The number of unbranched alkanes of at least 4 members (excludes halogenated alkanes) is 2. The molecule has 4 heteroatoms. The zero-order chi connectivity index (χ0) is 22.7. The average molecular weight is 422 g/mol. The highest BCUT2D eigenvalue weighted by atomic mass is 16.1. The van der Waals surface area contributed by atoms with Crippen LogP contribution in [0.3, 0.4) is 0 Å². The molecule has 0 aromatic heterocycles. The molecular formula is C28H27N3O. The molecule has 0 aliphatic carbocycles. The molecule has 0 aliphatic heterocycles. The van der Waals surface area contributed by atoms with Gasteiger partial charge >= 0.3 is 0 Å². The third-order valence-corrected chi connectivity index (χ3v) is 5.69. The number of nitrogens with zero attached hydrogens (tertiary/aromatic N) is 2. The maximum absolute atomic E-state index is 11.9. The lowest BCUT2D eigenvalue weighted by atomic mass is 9.77. The molecule has 0 aliphatic rings. The highest BCUT2D eigenvalue weighted by Crippen LogP contribution is 2.36. The van der Waals surface area contributed by atoms with Gasteiger partial charge in [0.25, 0.3) is 0 Å². The zero-order valence-corrected chi connectivity index (χ0v) is 18.1. The SMILES string of the molecule is N#CC(C#N)C(=O)CCCCCNC(c1ccccc1)(c1ccccc1)c1ccccc1. The van der Waals surface area contributed by atoms with Crippen molar-refractivity contribution >= 4 is 5.78 Å². The number of ketones is 1. The van der Waals surface area contributed by atoms with E-state index in [1.807, 2.05) is 18.2 Å². The van der Waals surface area contributed by atoms with Crippen LogP contribution in [0.1, 0.15) is 42.4 Å². The van der Waals surface area contributed by atoms with Gasteiger partial charge in [-0.3, -0.25) is 10.1 Å². The molecule has 0 bridgehead atoms. The topological polar surface area (TPSA) is 76.7 Å². The van der Waals surface area contributed by atoms with Crippen LogP contribution >= 0.6 is 0 Å². The minimum Gasteiger partial charge on any atom is -0.300 e. The molecule has 32 heavy (non-hydrogen) atoms. The van der Waals surface area contributed by atoms with Crippen LogP contribution in [0.2, 0.25) is 0 Å². The van der Waals surface area contributed by atoms with E-state index in [4.69, 9.17) is 10.5 Å². The molecule has 0 unspecified atom stereocenters. The summed E-state index contributed by atoms with van der Waals surface area (Å²) in [6.07, 6.45) is 2.67. The van der Waals surface area contributed by atoms with Crippen LogP contribution in [0.15, 0.2) is 91.0 Å². The lowest BCUT2D eigenvalue weighted by molar-refractivity contribution is -0.120. The Labute approximate surface area is 190 Å². The highest BCUT2D eigenvalue weighted by Gasteiger charge is 2.35. The van der Waals surface area contributed by atoms with Gasteiger partial charge in [-0.05, 0) is 36.1 Å². The van der Waals surface area contributed by atoms with Gasteiger partial charge in [0.05, 0.1) is 17.7 Å². The number of hydrogen-bond acceptors (Lipinski definition) is 4. The molecule has 0 spiro atoms. The van der Waals surface area contributed by atoms with Crippen molar-refractivity contribution in [3.05, 3.63) is 108 Å². The number of rotatable bonds is 11. The van der Waals surface area contributed by atoms with Crippen molar-refractivity contribution in [1.29, 1.82) is 10.5 Å². The molecular weight excluding hydrogens is 394 g/mol. The maximum Gasteiger partial charge on any atom is 0.191 e. The summed E-state index contributed by atoms with van der Waals surface area (Å²) in [6.45, 7) is 0.757. The van der Waals surface area contributed by atoms with Crippen molar-refractivity contribution in [2.24, 2.45) is 5.92 Å². The van der Waals surface area contributed by atoms with Crippen molar-refractivity contribution in [2.75, 3.05) is 6.54 Å². The Kier molecular flexibility index (Phi) is 8.32. The molecule has 0 radical (unpaired) electrons. The Morgan fingerprint density at radius 2 is 1.16 bits per heavy atom. The monoisotopic (exact) mass is 421 g/mol. The summed E-state index contributed by atoms with van der Waals surface area (Å²) in [7, 11) is 0. The predicted octanol–water partition coefficient (Wildman–Crippen LogP) is 5.36. The van der Waals surface area contributed by atoms with Crippen LogP contribution in [-0.2, 0) is 10.3 Å². The van der Waals surface area contributed by atoms with Crippen LogP contribution in [0.25, 0.3) is 0 Å². The third-order valence-electron chi connectivity index (χ3n) is 5.69. The van der Waals surface area contributed by atoms with E-state index in [1.54, 1.807) is 12.1 Å². The molecule has 0 atom stereocenters. The first kappa shape index (κ1) is 22.9. The lowest BCUT2D eigenvalue weighted by Crippen LogP contribution is -2.45. The molecule has 0 saturated carbocycles. The Bertz CT molecular complexity index is 956. The first-order chi connectivity index (χ1) is 15.7. The van der Waals surface area contributed by atoms with Crippen LogP contribution in [-0.4, -0.2) is 12.3 Å². The summed E-state index contributed by atoms with van der Waals surface area (Å²) >= 11 is 0. The molecule has 0 amide bonds. The first-order valence-corrected chi connectivity index (χ1v) is 11.0. The molecule has 0 saturated heterocycles. The second kappa shape index (κ2) is 11.6. The van der Waals surface area contributed by atoms with Gasteiger partial charge < -0.3 is 0 Å². The Morgan fingerprint density at radius 1 is 0.719 bits per heavy atom. The van der Waals surface area contributed by atoms with E-state index in [-0.39, 0.29) is 12.2 Å². The van der Waals surface area contributed by atoms with Crippen molar-refractivity contribution in [2.45, 2.75) is 31.2 Å². The summed E-state index contributed by atoms with van der Waals surface area (Å²) < 4.78 is 0. The Morgan fingerprint density at radius 3 is 1.56 bits per heavy atom. The molecule has 160 valence electrons. The van der Waals surface area contributed by atoms with E-state index in [0.717, 1.165) is 19.4 Å². The number of Topliss-reactive ketones (excluding diaryl/α,β-unsaturated/α-hetero) is 1. The Hall–Kier alpha value is -3.73. The van der Waals surface area contributed by atoms with Crippen LogP contribution in [0, 0.1) is 28.6 Å². The van der Waals surface area contributed by atoms with Gasteiger partial charge in [-0.15, -0.1) is 0 Å². The second-order valence-corrected chi connectivity index (χ2v) is 7.74. The molecule has 3 aromatic carbocycles. The van der Waals surface area contributed by atoms with Gasteiger partial charge in [-0.25, -0.2) is 0 Å². The summed E-state index contributed by atoms with van der Waals surface area (Å²) in [4.78, 5) is 11.9. The number of carbonyl (C=O) groups is 1. The zero-order valence-electron chi connectivity index (χ0n) is 18.1. The smallest absolute Gasteiger partial charge is 0.191 e. The first-order valence-electron chi connectivity index (χ1n) is 11.0. The van der Waals surface area contributed by atoms with Crippen LogP contribution < -0.4 is 5.32 Å². The minimum atomic E-state index is -1.14. The van der Waals surface area contributed by atoms with Gasteiger partial charge in [0.15, 0.2) is 11.7 Å². The number of benzene rings is 3. The summed E-state index contributed by atoms with van der Waals surface area (Å²) in [6, 6.07) is 34.8. The lowest BCUT2D eigenvalue weighted by Gasteiger charge is -2.37. The van der Waals surface area contributed by atoms with Gasteiger partial charge in [0, 0.05) is 6.42 Å². The van der Waals surface area contributed by atoms with E-state index in [0.29, 0.717) is 6.42 Å². The number of hydrogen-bond donors (Lipinski definition) is 1. The third kappa shape index (κ3) is 5.30. The van der Waals surface area contributed by atoms with Crippen molar-refractivity contribution in [3.8, 4) is 12.1 Å².